The molecule has 0 aliphatic carbocycles. The van der Waals surface area contributed by atoms with Crippen molar-refractivity contribution in [3.63, 3.8) is 0 Å². The first-order valence-electron chi connectivity index (χ1n) is 6.79. The molecule has 2 aromatic rings. The lowest BCUT2D eigenvalue weighted by Gasteiger charge is -2.03. The van der Waals surface area contributed by atoms with Gasteiger partial charge in [-0.3, -0.25) is 9.59 Å². The molecule has 0 atom stereocenters. The number of methoxy groups -OCH3 is 1. The van der Waals surface area contributed by atoms with Gasteiger partial charge in [-0.05, 0) is 24.4 Å². The summed E-state index contributed by atoms with van der Waals surface area (Å²) in [4.78, 5) is 23.7. The van der Waals surface area contributed by atoms with Gasteiger partial charge in [0.05, 0.1) is 25.0 Å². The van der Waals surface area contributed by atoms with E-state index in [1.165, 1.54) is 18.4 Å². The third kappa shape index (κ3) is 3.67. The van der Waals surface area contributed by atoms with E-state index in [-0.39, 0.29) is 30.6 Å². The fourth-order valence-corrected chi connectivity index (χ4v) is 2.92. The Bertz CT molecular complexity index is 695. The molecule has 2 rings (SSSR count). The molecule has 0 unspecified atom stereocenters. The zero-order valence-electron chi connectivity index (χ0n) is 12.3. The number of carbonyl (C=O) groups excluding carboxylic acids is 2. The number of benzene rings is 1. The molecule has 0 spiro atoms. The molecule has 2 N–H and O–H groups in total. The number of carbonyl (C=O) groups is 2. The molecule has 118 valence electrons. The second-order valence-corrected chi connectivity index (χ2v) is 5.57. The average molecular weight is 323 g/mol. The molecule has 1 aromatic carbocycles. The second kappa shape index (κ2) is 7.13. The number of thiophene rings is 1. The zero-order valence-corrected chi connectivity index (χ0v) is 13.2. The molecule has 0 aliphatic rings. The first kappa shape index (κ1) is 16.1. The minimum Gasteiger partial charge on any atom is -0.504 e. The van der Waals surface area contributed by atoms with Crippen molar-refractivity contribution in [2.24, 2.45) is 0 Å². The maximum Gasteiger partial charge on any atom is 0.307 e. The topological polar surface area (TPSA) is 84.9 Å². The normalized spacial score (nSPS) is 10.5. The van der Waals surface area contributed by atoms with Crippen molar-refractivity contribution >= 4 is 33.3 Å². The van der Waals surface area contributed by atoms with Gasteiger partial charge in [-0.2, -0.15) is 0 Å². The van der Waals surface area contributed by atoms with Crippen molar-refractivity contribution in [1.29, 1.82) is 0 Å². The van der Waals surface area contributed by atoms with Gasteiger partial charge in [0, 0.05) is 17.3 Å². The lowest BCUT2D eigenvalue weighted by Crippen LogP contribution is -2.25. The maximum absolute atomic E-state index is 12.0. The Morgan fingerprint density at radius 1 is 1.32 bits per heavy atom. The third-order valence-electron chi connectivity index (χ3n) is 2.96. The van der Waals surface area contributed by atoms with Crippen LogP contribution in [-0.2, 0) is 9.53 Å². The van der Waals surface area contributed by atoms with E-state index < -0.39 is 0 Å². The monoisotopic (exact) mass is 323 g/mol. The lowest BCUT2D eigenvalue weighted by atomic mass is 10.2. The summed E-state index contributed by atoms with van der Waals surface area (Å²) in [5.41, 5.74) is 0. The Morgan fingerprint density at radius 3 is 2.77 bits per heavy atom. The van der Waals surface area contributed by atoms with Crippen LogP contribution in [0.5, 0.6) is 11.5 Å². The van der Waals surface area contributed by atoms with Crippen LogP contribution in [0.1, 0.15) is 23.0 Å². The Balaban J connectivity index is 2.04. The summed E-state index contributed by atoms with van der Waals surface area (Å²) in [6.07, 6.45) is 0.138. The van der Waals surface area contributed by atoms with E-state index in [0.29, 0.717) is 17.2 Å². The summed E-state index contributed by atoms with van der Waals surface area (Å²) in [5, 5.41) is 13.2. The van der Waals surface area contributed by atoms with E-state index in [2.05, 4.69) is 5.32 Å². The number of hydrogen-bond donors (Lipinski definition) is 2. The highest BCUT2D eigenvalue weighted by Crippen LogP contribution is 2.35. The van der Waals surface area contributed by atoms with E-state index in [4.69, 9.17) is 9.47 Å². The predicted molar refractivity (Wildman–Crippen MR) is 83.6 cm³/mol. The van der Waals surface area contributed by atoms with Crippen molar-refractivity contribution in [3.8, 4) is 11.5 Å². The molecular weight excluding hydrogens is 306 g/mol. The standard InChI is InChI=1S/C15H17NO5S/c1-3-21-14(18)4-5-16-15(19)13-7-9-6-10(17)11(20-2)8-12(9)22-13/h6-8,17H,3-5H2,1-2H3,(H,16,19). The first-order valence-corrected chi connectivity index (χ1v) is 7.61. The van der Waals surface area contributed by atoms with Gasteiger partial charge in [0.25, 0.3) is 5.91 Å². The molecule has 1 aromatic heterocycles. The van der Waals surface area contributed by atoms with E-state index in [9.17, 15) is 14.7 Å². The van der Waals surface area contributed by atoms with Crippen LogP contribution in [-0.4, -0.2) is 37.2 Å². The van der Waals surface area contributed by atoms with Crippen LogP contribution in [0.2, 0.25) is 0 Å². The van der Waals surface area contributed by atoms with Crippen LogP contribution in [0.15, 0.2) is 18.2 Å². The van der Waals surface area contributed by atoms with Crippen molar-refractivity contribution in [2.45, 2.75) is 13.3 Å². The summed E-state index contributed by atoms with van der Waals surface area (Å²) in [6, 6.07) is 4.93. The number of esters is 1. The molecule has 0 saturated carbocycles. The van der Waals surface area contributed by atoms with Crippen LogP contribution in [0.4, 0.5) is 0 Å². The average Bonchev–Trinajstić information content (AvgIpc) is 2.89. The number of aromatic hydroxyl groups is 1. The first-order chi connectivity index (χ1) is 10.5. The minimum absolute atomic E-state index is 0.0297. The summed E-state index contributed by atoms with van der Waals surface area (Å²) in [6.45, 7) is 2.28. The Kier molecular flexibility index (Phi) is 5.21. The van der Waals surface area contributed by atoms with Crippen LogP contribution < -0.4 is 10.1 Å². The highest BCUT2D eigenvalue weighted by Gasteiger charge is 2.13. The fraction of sp³-hybridized carbons (Fsp3) is 0.333. The van der Waals surface area contributed by atoms with E-state index in [1.807, 2.05) is 0 Å². The molecule has 1 amide bonds. The molecule has 0 saturated heterocycles. The van der Waals surface area contributed by atoms with E-state index >= 15 is 0 Å². The van der Waals surface area contributed by atoms with Crippen LogP contribution in [0.3, 0.4) is 0 Å². The largest absolute Gasteiger partial charge is 0.504 e. The molecule has 7 heteroatoms. The Labute approximate surface area is 131 Å². The highest BCUT2D eigenvalue weighted by molar-refractivity contribution is 7.20. The fourth-order valence-electron chi connectivity index (χ4n) is 1.93. The van der Waals surface area contributed by atoms with Gasteiger partial charge in [0.2, 0.25) is 0 Å². The molecular formula is C15H17NO5S. The molecule has 0 fully saturated rings. The van der Waals surface area contributed by atoms with Crippen molar-refractivity contribution in [3.05, 3.63) is 23.1 Å². The Hall–Kier alpha value is -2.28. The number of phenols is 1. The maximum atomic E-state index is 12.0. The van der Waals surface area contributed by atoms with Crippen molar-refractivity contribution < 1.29 is 24.2 Å². The zero-order chi connectivity index (χ0) is 16.1. The minimum atomic E-state index is -0.339. The number of ether oxygens (including phenoxy) is 2. The molecule has 6 nitrogen and oxygen atoms in total. The number of nitrogens with one attached hydrogen (secondary N) is 1. The molecule has 0 aliphatic heterocycles. The summed E-state index contributed by atoms with van der Waals surface area (Å²) < 4.78 is 10.7. The molecule has 0 bridgehead atoms. The van der Waals surface area contributed by atoms with Crippen molar-refractivity contribution in [2.75, 3.05) is 20.3 Å². The molecule has 0 radical (unpaired) electrons. The second-order valence-electron chi connectivity index (χ2n) is 4.48. The highest BCUT2D eigenvalue weighted by atomic mass is 32.1. The van der Waals surface area contributed by atoms with E-state index in [1.54, 1.807) is 25.1 Å². The summed E-state index contributed by atoms with van der Waals surface area (Å²) in [7, 11) is 1.47. The molecule has 22 heavy (non-hydrogen) atoms. The van der Waals surface area contributed by atoms with Crippen LogP contribution >= 0.6 is 11.3 Å². The number of fused-ring (bicyclic) bond motifs is 1. The van der Waals surface area contributed by atoms with Gasteiger partial charge < -0.3 is 19.9 Å². The van der Waals surface area contributed by atoms with Gasteiger partial charge in [0.1, 0.15) is 0 Å². The van der Waals surface area contributed by atoms with Crippen LogP contribution in [0.25, 0.3) is 10.1 Å². The van der Waals surface area contributed by atoms with Gasteiger partial charge >= 0.3 is 5.97 Å². The predicted octanol–water partition coefficient (Wildman–Crippen LogP) is 2.30. The number of rotatable bonds is 6. The number of phenolic OH excluding ortho intramolecular Hbond substituents is 1. The van der Waals surface area contributed by atoms with Crippen molar-refractivity contribution in [1.82, 2.24) is 5.32 Å². The Morgan fingerprint density at radius 2 is 2.09 bits per heavy atom. The smallest absolute Gasteiger partial charge is 0.307 e. The summed E-state index contributed by atoms with van der Waals surface area (Å²) in [5.74, 6) is -0.205. The van der Waals surface area contributed by atoms with Gasteiger partial charge in [0.15, 0.2) is 11.5 Å². The quantitative estimate of drug-likeness (QED) is 0.797. The van der Waals surface area contributed by atoms with E-state index in [0.717, 1.165) is 10.1 Å². The summed E-state index contributed by atoms with van der Waals surface area (Å²) >= 11 is 1.29. The van der Waals surface area contributed by atoms with Gasteiger partial charge in [-0.15, -0.1) is 11.3 Å². The number of hydrogen-bond acceptors (Lipinski definition) is 6. The van der Waals surface area contributed by atoms with Gasteiger partial charge in [-0.1, -0.05) is 0 Å². The SMILES string of the molecule is CCOC(=O)CCNC(=O)c1cc2cc(O)c(OC)cc2s1. The number of amides is 1. The van der Waals surface area contributed by atoms with Crippen LogP contribution in [0, 0.1) is 0 Å². The van der Waals surface area contributed by atoms with Gasteiger partial charge in [-0.25, -0.2) is 0 Å². The lowest BCUT2D eigenvalue weighted by molar-refractivity contribution is -0.142. The third-order valence-corrected chi connectivity index (χ3v) is 4.06. The molecule has 1 heterocycles.